The summed E-state index contributed by atoms with van der Waals surface area (Å²) in [6.45, 7) is 0.899. The van der Waals surface area contributed by atoms with Gasteiger partial charge < -0.3 is 20.4 Å². The molecule has 3 atom stereocenters. The van der Waals surface area contributed by atoms with Crippen molar-refractivity contribution in [2.75, 3.05) is 13.1 Å². The van der Waals surface area contributed by atoms with E-state index in [2.05, 4.69) is 0 Å². The zero-order valence-electron chi connectivity index (χ0n) is 7.30. The average molecular weight is 189 g/mol. The third-order valence-corrected chi connectivity index (χ3v) is 3.07. The predicted molar refractivity (Wildman–Crippen MR) is 43.8 cm³/mol. The van der Waals surface area contributed by atoms with Crippen LogP contribution in [0.2, 0.25) is 0 Å². The van der Waals surface area contributed by atoms with E-state index in [1.807, 2.05) is 4.90 Å². The highest BCUT2D eigenvalue weighted by molar-refractivity contribution is 4.99. The zero-order valence-corrected chi connectivity index (χ0v) is 7.30. The quantitative estimate of drug-likeness (QED) is 0.327. The van der Waals surface area contributed by atoms with Crippen LogP contribution in [0.25, 0.3) is 0 Å². The highest BCUT2D eigenvalue weighted by Crippen LogP contribution is 2.33. The van der Waals surface area contributed by atoms with Gasteiger partial charge in [0.25, 0.3) is 0 Å². The Morgan fingerprint density at radius 3 is 2.54 bits per heavy atom. The Morgan fingerprint density at radius 2 is 1.85 bits per heavy atom. The average Bonchev–Trinajstić information content (AvgIpc) is 2.31. The molecule has 0 unspecified atom stereocenters. The molecule has 4 N–H and O–H groups in total. The topological polar surface area (TPSA) is 84.2 Å². The number of rotatable bonds is 0. The summed E-state index contributed by atoms with van der Waals surface area (Å²) in [4.78, 5) is 1.82. The van der Waals surface area contributed by atoms with Gasteiger partial charge in [0.2, 0.25) is 0 Å². The molecule has 0 aromatic rings. The summed E-state index contributed by atoms with van der Waals surface area (Å²) in [5.41, 5.74) is 0. The van der Waals surface area contributed by atoms with Crippen molar-refractivity contribution in [1.29, 1.82) is 0 Å². The van der Waals surface area contributed by atoms with E-state index in [4.69, 9.17) is 0 Å². The van der Waals surface area contributed by atoms with Gasteiger partial charge in [-0.2, -0.15) is 0 Å². The lowest BCUT2D eigenvalue weighted by Gasteiger charge is -2.38. The molecule has 5 nitrogen and oxygen atoms in total. The summed E-state index contributed by atoms with van der Waals surface area (Å²) in [6, 6.07) is -0.425. The summed E-state index contributed by atoms with van der Waals surface area (Å²) in [5, 5.41) is 37.7. The van der Waals surface area contributed by atoms with Gasteiger partial charge in [0.15, 0.2) is 5.79 Å². The van der Waals surface area contributed by atoms with Gasteiger partial charge >= 0.3 is 0 Å². The maximum absolute atomic E-state index is 9.51. The summed E-state index contributed by atoms with van der Waals surface area (Å²) in [7, 11) is 0. The van der Waals surface area contributed by atoms with Crippen molar-refractivity contribution in [1.82, 2.24) is 4.90 Å². The van der Waals surface area contributed by atoms with E-state index >= 15 is 0 Å². The van der Waals surface area contributed by atoms with Gasteiger partial charge in [-0.05, 0) is 6.42 Å². The smallest absolute Gasteiger partial charge is 0.179 e. The number of aliphatic hydroxyl groups is 4. The molecule has 0 radical (unpaired) electrons. The van der Waals surface area contributed by atoms with E-state index in [0.29, 0.717) is 13.1 Å². The predicted octanol–water partition coefficient (Wildman–Crippen LogP) is -2.13. The fourth-order valence-corrected chi connectivity index (χ4v) is 2.23. The molecule has 0 spiro atoms. The Labute approximate surface area is 76.2 Å². The van der Waals surface area contributed by atoms with Crippen LogP contribution >= 0.6 is 0 Å². The van der Waals surface area contributed by atoms with Crippen molar-refractivity contribution in [3.05, 3.63) is 0 Å². The number of piperidine rings is 1. The van der Waals surface area contributed by atoms with Gasteiger partial charge in [0, 0.05) is 19.5 Å². The Bertz CT molecular complexity index is 208. The third kappa shape index (κ3) is 1.47. The minimum atomic E-state index is -1.69. The van der Waals surface area contributed by atoms with Crippen molar-refractivity contribution in [2.24, 2.45) is 0 Å². The molecular weight excluding hydrogens is 174 g/mol. The van der Waals surface area contributed by atoms with Crippen molar-refractivity contribution in [2.45, 2.75) is 36.9 Å². The maximum atomic E-state index is 9.51. The van der Waals surface area contributed by atoms with Crippen LogP contribution in [0.4, 0.5) is 0 Å². The van der Waals surface area contributed by atoms with E-state index in [1.54, 1.807) is 0 Å². The number of aliphatic hydroxyl groups excluding tert-OH is 2. The highest BCUT2D eigenvalue weighted by Gasteiger charge is 2.49. The molecule has 0 aromatic heterocycles. The molecule has 0 bridgehead atoms. The van der Waals surface area contributed by atoms with E-state index in [0.717, 1.165) is 0 Å². The second-order valence-electron chi connectivity index (χ2n) is 4.01. The van der Waals surface area contributed by atoms with Crippen LogP contribution in [0.5, 0.6) is 0 Å². The van der Waals surface area contributed by atoms with E-state index in [9.17, 15) is 20.4 Å². The second-order valence-corrected chi connectivity index (χ2v) is 4.01. The van der Waals surface area contributed by atoms with Gasteiger partial charge in [0.1, 0.15) is 0 Å². The Hall–Kier alpha value is -0.200. The van der Waals surface area contributed by atoms with Gasteiger partial charge in [-0.1, -0.05) is 0 Å². The fraction of sp³-hybridized carbons (Fsp3) is 1.00. The largest absolute Gasteiger partial charge is 0.390 e. The molecule has 2 aliphatic heterocycles. The molecule has 2 aliphatic rings. The van der Waals surface area contributed by atoms with Crippen molar-refractivity contribution in [3.63, 3.8) is 0 Å². The van der Waals surface area contributed by atoms with E-state index in [1.165, 1.54) is 0 Å². The summed E-state index contributed by atoms with van der Waals surface area (Å²) < 4.78 is 0. The van der Waals surface area contributed by atoms with Gasteiger partial charge in [-0.15, -0.1) is 0 Å². The molecule has 2 heterocycles. The van der Waals surface area contributed by atoms with E-state index < -0.39 is 24.0 Å². The summed E-state index contributed by atoms with van der Waals surface area (Å²) >= 11 is 0. The van der Waals surface area contributed by atoms with Crippen LogP contribution in [-0.2, 0) is 0 Å². The first kappa shape index (κ1) is 9.36. The summed E-state index contributed by atoms with van der Waals surface area (Å²) in [5.74, 6) is -1.69. The van der Waals surface area contributed by atoms with Crippen molar-refractivity contribution in [3.8, 4) is 0 Å². The Morgan fingerprint density at radius 1 is 1.15 bits per heavy atom. The molecule has 0 amide bonds. The van der Waals surface area contributed by atoms with Gasteiger partial charge in [-0.25, -0.2) is 0 Å². The van der Waals surface area contributed by atoms with Crippen LogP contribution in [0, 0.1) is 0 Å². The first-order valence-corrected chi connectivity index (χ1v) is 4.55. The van der Waals surface area contributed by atoms with Crippen LogP contribution in [-0.4, -0.2) is 62.5 Å². The van der Waals surface area contributed by atoms with Crippen LogP contribution in [0.15, 0.2) is 0 Å². The number of nitrogens with zero attached hydrogens (tertiary/aromatic N) is 1. The minimum Gasteiger partial charge on any atom is -0.390 e. The second kappa shape index (κ2) is 2.90. The van der Waals surface area contributed by atoms with Crippen molar-refractivity contribution < 1.29 is 20.4 Å². The molecule has 13 heavy (non-hydrogen) atoms. The Kier molecular flexibility index (Phi) is 2.08. The normalized spacial score (nSPS) is 44.8. The number of hydrogen-bond acceptors (Lipinski definition) is 5. The SMILES string of the molecule is O[C@@H]1C[C@H]2N(CCC2(O)O)C[C@@H]1O. The highest BCUT2D eigenvalue weighted by atomic mass is 16.5. The van der Waals surface area contributed by atoms with Gasteiger partial charge in [-0.3, -0.25) is 4.90 Å². The van der Waals surface area contributed by atoms with Crippen LogP contribution in [0.1, 0.15) is 12.8 Å². The summed E-state index contributed by atoms with van der Waals surface area (Å²) in [6.07, 6.45) is -1.08. The van der Waals surface area contributed by atoms with Crippen LogP contribution < -0.4 is 0 Å². The molecule has 2 fully saturated rings. The van der Waals surface area contributed by atoms with Gasteiger partial charge in [0.05, 0.1) is 18.2 Å². The standard InChI is InChI=1S/C8H15NO4/c10-5-3-7-8(12,13)1-2-9(7)4-6(5)11/h5-7,10-13H,1-4H2/t5-,6+,7-/m1/s1. The zero-order chi connectivity index (χ0) is 9.64. The lowest BCUT2D eigenvalue weighted by atomic mass is 9.94. The third-order valence-electron chi connectivity index (χ3n) is 3.07. The first-order valence-electron chi connectivity index (χ1n) is 4.55. The molecule has 0 aliphatic carbocycles. The fourth-order valence-electron chi connectivity index (χ4n) is 2.23. The monoisotopic (exact) mass is 189 g/mol. The molecular formula is C8H15NO4. The minimum absolute atomic E-state index is 0.230. The maximum Gasteiger partial charge on any atom is 0.179 e. The number of hydrogen-bond donors (Lipinski definition) is 4. The lowest BCUT2D eigenvalue weighted by molar-refractivity contribution is -0.196. The Balaban J connectivity index is 2.12. The van der Waals surface area contributed by atoms with Crippen LogP contribution in [0.3, 0.4) is 0 Å². The molecule has 76 valence electrons. The molecule has 0 saturated carbocycles. The number of fused-ring (bicyclic) bond motifs is 1. The van der Waals surface area contributed by atoms with E-state index in [-0.39, 0.29) is 12.8 Å². The first-order chi connectivity index (χ1) is 6.00. The molecule has 2 saturated heterocycles. The molecule has 5 heteroatoms. The lowest BCUT2D eigenvalue weighted by Crippen LogP contribution is -2.55. The molecule has 2 rings (SSSR count). The van der Waals surface area contributed by atoms with Crippen molar-refractivity contribution >= 4 is 0 Å². The molecule has 0 aromatic carbocycles.